The number of allylic oxidation sites excluding steroid dienone is 1. The lowest BCUT2D eigenvalue weighted by Gasteiger charge is -2.17. The number of nitrogens with two attached hydrogens (primary N) is 1. The zero-order chi connectivity index (χ0) is 12.4. The van der Waals surface area contributed by atoms with Gasteiger partial charge in [-0.15, -0.1) is 6.58 Å². The average molecular weight is 226 g/mol. The van der Waals surface area contributed by atoms with Gasteiger partial charge >= 0.3 is 0 Å². The van der Waals surface area contributed by atoms with Crippen LogP contribution in [0, 0.1) is 0 Å². The van der Waals surface area contributed by atoms with E-state index in [9.17, 15) is 4.79 Å². The van der Waals surface area contributed by atoms with E-state index in [1.54, 1.807) is 0 Å². The molecule has 0 aromatic heterocycles. The van der Waals surface area contributed by atoms with Gasteiger partial charge in [0, 0.05) is 26.1 Å². The number of nitrogens with zero attached hydrogens (tertiary/aromatic N) is 1. The first-order valence-corrected chi connectivity index (χ1v) is 6.18. The van der Waals surface area contributed by atoms with Crippen molar-refractivity contribution in [1.29, 1.82) is 0 Å². The van der Waals surface area contributed by atoms with Crippen LogP contribution in [0.25, 0.3) is 0 Å². The lowest BCUT2D eigenvalue weighted by atomic mass is 10.1. The number of amides is 1. The predicted octanol–water partition coefficient (Wildman–Crippen LogP) is 2.32. The molecule has 0 aliphatic carbocycles. The summed E-state index contributed by atoms with van der Waals surface area (Å²) in [5, 5.41) is 0. The molecule has 0 saturated carbocycles. The van der Waals surface area contributed by atoms with E-state index in [4.69, 9.17) is 5.73 Å². The highest BCUT2D eigenvalue weighted by molar-refractivity contribution is 5.75. The molecule has 0 saturated heterocycles. The lowest BCUT2D eigenvalue weighted by molar-refractivity contribution is -0.130. The van der Waals surface area contributed by atoms with Crippen molar-refractivity contribution in [2.24, 2.45) is 5.73 Å². The fraction of sp³-hybridized carbons (Fsp3) is 0.769. The summed E-state index contributed by atoms with van der Waals surface area (Å²) in [6.45, 7) is 6.48. The van der Waals surface area contributed by atoms with Crippen LogP contribution in [0.5, 0.6) is 0 Å². The first kappa shape index (κ1) is 15.2. The molecule has 3 heteroatoms. The first-order chi connectivity index (χ1) is 7.57. The van der Waals surface area contributed by atoms with Crippen molar-refractivity contribution in [2.75, 3.05) is 13.6 Å². The topological polar surface area (TPSA) is 46.3 Å². The second-order valence-electron chi connectivity index (χ2n) is 4.47. The van der Waals surface area contributed by atoms with Gasteiger partial charge in [-0.3, -0.25) is 4.79 Å². The molecule has 0 fully saturated rings. The molecule has 0 aliphatic rings. The molecule has 0 bridgehead atoms. The highest BCUT2D eigenvalue weighted by Crippen LogP contribution is 2.03. The molecular formula is C13H26N2O. The Bertz CT molecular complexity index is 202. The van der Waals surface area contributed by atoms with Crippen molar-refractivity contribution >= 4 is 5.91 Å². The molecule has 0 aliphatic heterocycles. The number of unbranched alkanes of at least 4 members (excludes halogenated alkanes) is 3. The predicted molar refractivity (Wildman–Crippen MR) is 69.2 cm³/mol. The van der Waals surface area contributed by atoms with Crippen LogP contribution in [0.3, 0.4) is 0 Å². The monoisotopic (exact) mass is 226 g/mol. The Hall–Kier alpha value is -0.830. The van der Waals surface area contributed by atoms with Crippen LogP contribution in [0.4, 0.5) is 0 Å². The van der Waals surface area contributed by atoms with Crippen LogP contribution >= 0.6 is 0 Å². The van der Waals surface area contributed by atoms with Crippen LogP contribution in [0.1, 0.15) is 45.4 Å². The average Bonchev–Trinajstić information content (AvgIpc) is 2.25. The molecule has 0 spiro atoms. The Morgan fingerprint density at radius 3 is 2.69 bits per heavy atom. The first-order valence-electron chi connectivity index (χ1n) is 6.18. The number of carbonyl (C=O) groups excluding carboxylic acids is 1. The number of rotatable bonds is 9. The SMILES string of the molecule is C=CCCCCCN(C)C(=O)CCC(C)N. The molecule has 3 nitrogen and oxygen atoms in total. The minimum absolute atomic E-state index is 0.116. The van der Waals surface area contributed by atoms with Crippen molar-refractivity contribution in [3.05, 3.63) is 12.7 Å². The summed E-state index contributed by atoms with van der Waals surface area (Å²) in [4.78, 5) is 13.4. The van der Waals surface area contributed by atoms with E-state index >= 15 is 0 Å². The highest BCUT2D eigenvalue weighted by atomic mass is 16.2. The van der Waals surface area contributed by atoms with Crippen molar-refractivity contribution in [1.82, 2.24) is 4.90 Å². The van der Waals surface area contributed by atoms with Gasteiger partial charge in [0.1, 0.15) is 0 Å². The van der Waals surface area contributed by atoms with Gasteiger partial charge in [-0.2, -0.15) is 0 Å². The Morgan fingerprint density at radius 2 is 2.12 bits per heavy atom. The second-order valence-corrected chi connectivity index (χ2v) is 4.47. The fourth-order valence-electron chi connectivity index (χ4n) is 1.48. The van der Waals surface area contributed by atoms with Crippen LogP contribution in [0.2, 0.25) is 0 Å². The summed E-state index contributed by atoms with van der Waals surface area (Å²) in [5.74, 6) is 0.209. The van der Waals surface area contributed by atoms with Gasteiger partial charge in [0.25, 0.3) is 0 Å². The summed E-state index contributed by atoms with van der Waals surface area (Å²) < 4.78 is 0. The van der Waals surface area contributed by atoms with E-state index < -0.39 is 0 Å². The van der Waals surface area contributed by atoms with Gasteiger partial charge < -0.3 is 10.6 Å². The van der Waals surface area contributed by atoms with E-state index in [0.717, 1.165) is 32.2 Å². The number of hydrogen-bond donors (Lipinski definition) is 1. The lowest BCUT2D eigenvalue weighted by Crippen LogP contribution is -2.29. The molecule has 0 radical (unpaired) electrons. The summed E-state index contributed by atoms with van der Waals surface area (Å²) in [6, 6.07) is 0.116. The molecule has 0 heterocycles. The van der Waals surface area contributed by atoms with Crippen LogP contribution in [-0.2, 0) is 4.79 Å². The summed E-state index contributed by atoms with van der Waals surface area (Å²) in [5.41, 5.74) is 5.62. The van der Waals surface area contributed by atoms with Gasteiger partial charge in [0.15, 0.2) is 0 Å². The molecule has 16 heavy (non-hydrogen) atoms. The third kappa shape index (κ3) is 8.48. The van der Waals surface area contributed by atoms with Gasteiger partial charge in [-0.1, -0.05) is 12.5 Å². The van der Waals surface area contributed by atoms with E-state index in [1.165, 1.54) is 6.42 Å². The van der Waals surface area contributed by atoms with E-state index in [2.05, 4.69) is 6.58 Å². The van der Waals surface area contributed by atoms with Gasteiger partial charge in [-0.25, -0.2) is 0 Å². The third-order valence-corrected chi connectivity index (χ3v) is 2.64. The van der Waals surface area contributed by atoms with E-state index in [1.807, 2.05) is 24.9 Å². The fourth-order valence-corrected chi connectivity index (χ4v) is 1.48. The Morgan fingerprint density at radius 1 is 1.44 bits per heavy atom. The highest BCUT2D eigenvalue weighted by Gasteiger charge is 2.08. The van der Waals surface area contributed by atoms with Crippen molar-refractivity contribution in [3.8, 4) is 0 Å². The maximum atomic E-state index is 11.6. The molecular weight excluding hydrogens is 200 g/mol. The quantitative estimate of drug-likeness (QED) is 0.484. The minimum Gasteiger partial charge on any atom is -0.346 e. The van der Waals surface area contributed by atoms with Crippen molar-refractivity contribution < 1.29 is 4.79 Å². The minimum atomic E-state index is 0.116. The van der Waals surface area contributed by atoms with Crippen LogP contribution < -0.4 is 5.73 Å². The molecule has 1 amide bonds. The maximum absolute atomic E-state index is 11.6. The summed E-state index contributed by atoms with van der Waals surface area (Å²) in [7, 11) is 1.87. The molecule has 94 valence electrons. The van der Waals surface area contributed by atoms with Gasteiger partial charge in [0.2, 0.25) is 5.91 Å². The van der Waals surface area contributed by atoms with Crippen LogP contribution in [-0.4, -0.2) is 30.4 Å². The Kier molecular flexibility index (Phi) is 8.91. The third-order valence-electron chi connectivity index (χ3n) is 2.64. The second kappa shape index (κ2) is 9.40. The molecule has 0 rings (SSSR count). The molecule has 0 aromatic carbocycles. The molecule has 1 atom stereocenters. The van der Waals surface area contributed by atoms with Crippen LogP contribution in [0.15, 0.2) is 12.7 Å². The zero-order valence-electron chi connectivity index (χ0n) is 10.7. The standard InChI is InChI=1S/C13H26N2O/c1-4-5-6-7-8-11-15(3)13(16)10-9-12(2)14/h4,12H,1,5-11,14H2,2-3H3. The largest absolute Gasteiger partial charge is 0.346 e. The zero-order valence-corrected chi connectivity index (χ0v) is 10.7. The molecule has 1 unspecified atom stereocenters. The number of carbonyl (C=O) groups is 1. The van der Waals surface area contributed by atoms with Crippen molar-refractivity contribution in [3.63, 3.8) is 0 Å². The Balaban J connectivity index is 3.51. The molecule has 0 aromatic rings. The summed E-state index contributed by atoms with van der Waals surface area (Å²) in [6.07, 6.45) is 7.77. The normalized spacial score (nSPS) is 12.2. The summed E-state index contributed by atoms with van der Waals surface area (Å²) >= 11 is 0. The van der Waals surface area contributed by atoms with E-state index in [-0.39, 0.29) is 11.9 Å². The Labute approximate surface area is 99.7 Å². The van der Waals surface area contributed by atoms with Gasteiger partial charge in [0.05, 0.1) is 0 Å². The van der Waals surface area contributed by atoms with Gasteiger partial charge in [-0.05, 0) is 32.6 Å². The molecule has 2 N–H and O–H groups in total. The maximum Gasteiger partial charge on any atom is 0.222 e. The van der Waals surface area contributed by atoms with E-state index in [0.29, 0.717) is 6.42 Å². The van der Waals surface area contributed by atoms with Crippen molar-refractivity contribution in [2.45, 2.75) is 51.5 Å². The smallest absolute Gasteiger partial charge is 0.222 e. The number of hydrogen-bond acceptors (Lipinski definition) is 2.